The highest BCUT2D eigenvalue weighted by Crippen LogP contribution is 1.93. The van der Waals surface area contributed by atoms with Gasteiger partial charge < -0.3 is 34.8 Å². The Labute approximate surface area is 135 Å². The zero-order valence-electron chi connectivity index (χ0n) is 13.5. The van der Waals surface area contributed by atoms with E-state index in [2.05, 4.69) is 24.5 Å². The van der Waals surface area contributed by atoms with Crippen LogP contribution in [0, 0.1) is 0 Å². The fourth-order valence-corrected chi connectivity index (χ4v) is 0.348. The van der Waals surface area contributed by atoms with E-state index in [4.69, 9.17) is 10.2 Å². The Balaban J connectivity index is -0.000000284. The maximum Gasteiger partial charge on any atom is 0.333 e. The van der Waals surface area contributed by atoms with Gasteiger partial charge in [0, 0.05) is 5.57 Å². The van der Waals surface area contributed by atoms with Gasteiger partial charge in [-0.25, -0.2) is 4.79 Å². The van der Waals surface area contributed by atoms with Crippen LogP contribution in [0.1, 0.15) is 20.8 Å². The maximum atomic E-state index is 10.6. The molecule has 0 aliphatic heterocycles. The van der Waals surface area contributed by atoms with Gasteiger partial charge in [-0.15, -0.1) is 0 Å². The molecule has 8 heteroatoms. The van der Waals surface area contributed by atoms with Crippen LogP contribution in [0.2, 0.25) is 0 Å². The summed E-state index contributed by atoms with van der Waals surface area (Å²) in [6.45, 7) is 13.2. The molecule has 0 aromatic rings. The van der Waals surface area contributed by atoms with Crippen molar-refractivity contribution in [3.8, 4) is 0 Å². The highest BCUT2D eigenvalue weighted by atomic mass is 16.5. The number of aliphatic hydroxyl groups is 2. The number of esters is 1. The lowest BCUT2D eigenvalue weighted by Gasteiger charge is -2.07. The van der Waals surface area contributed by atoms with Crippen molar-refractivity contribution in [3.05, 3.63) is 36.5 Å². The largest absolute Gasteiger partial charge is 0.545 e. The minimum atomic E-state index is -1.19. The summed E-state index contributed by atoms with van der Waals surface area (Å²) in [7, 11) is 0. The number of carboxylic acids is 2. The Kier molecular flexibility index (Phi) is 16.1. The zero-order valence-corrected chi connectivity index (χ0v) is 13.5. The second-order valence-corrected chi connectivity index (χ2v) is 4.35. The van der Waals surface area contributed by atoms with Crippen LogP contribution >= 0.6 is 0 Å². The summed E-state index contributed by atoms with van der Waals surface area (Å²) in [5.74, 6) is -2.93. The molecule has 0 saturated carbocycles. The lowest BCUT2D eigenvalue weighted by atomic mass is 10.3. The molecule has 0 heterocycles. The molecule has 1 unspecified atom stereocenters. The third-order valence-electron chi connectivity index (χ3n) is 1.66. The van der Waals surface area contributed by atoms with Gasteiger partial charge in [0.25, 0.3) is 0 Å². The van der Waals surface area contributed by atoms with Crippen molar-refractivity contribution in [2.75, 3.05) is 13.2 Å². The average Bonchev–Trinajstić information content (AvgIpc) is 2.45. The summed E-state index contributed by atoms with van der Waals surface area (Å²) in [5.41, 5.74) is 0.403. The van der Waals surface area contributed by atoms with Crippen molar-refractivity contribution < 1.29 is 39.5 Å². The van der Waals surface area contributed by atoms with Crippen LogP contribution in [0.25, 0.3) is 0 Å². The van der Waals surface area contributed by atoms with Gasteiger partial charge in [-0.3, -0.25) is 0 Å². The third-order valence-corrected chi connectivity index (χ3v) is 1.66. The molecule has 1 atom stereocenters. The van der Waals surface area contributed by atoms with E-state index in [0.717, 1.165) is 0 Å². The van der Waals surface area contributed by atoms with E-state index in [9.17, 15) is 24.6 Å². The maximum absolute atomic E-state index is 10.6. The number of hydrogen-bond acceptors (Lipinski definition) is 8. The van der Waals surface area contributed by atoms with Crippen molar-refractivity contribution in [1.82, 2.24) is 0 Å². The van der Waals surface area contributed by atoms with E-state index in [1.807, 2.05) is 0 Å². The minimum absolute atomic E-state index is 0.0648. The molecule has 0 rings (SSSR count). The minimum Gasteiger partial charge on any atom is -0.545 e. The Hall–Kier alpha value is -2.45. The van der Waals surface area contributed by atoms with E-state index < -0.39 is 30.6 Å². The normalized spacial score (nSPS) is 9.78. The van der Waals surface area contributed by atoms with Crippen molar-refractivity contribution in [2.45, 2.75) is 26.9 Å². The van der Waals surface area contributed by atoms with E-state index in [1.165, 1.54) is 20.8 Å². The first-order chi connectivity index (χ1) is 10.4. The standard InChI is InChI=1S/C7H12O4.2C4H6O2/c1-5(2)7(10)11-4-6(9)3-8;2*1-3(2)4(5)6/h6,8-9H,1,3-4H2,2H3;2*1H2,2H3,(H,5,6)/p-2. The third kappa shape index (κ3) is 22.0. The molecule has 0 fully saturated rings. The highest BCUT2D eigenvalue weighted by Gasteiger charge is 2.07. The number of ether oxygens (including phenoxy) is 1. The Morgan fingerprint density at radius 3 is 1.43 bits per heavy atom. The lowest BCUT2D eigenvalue weighted by Crippen LogP contribution is -2.22. The van der Waals surface area contributed by atoms with E-state index >= 15 is 0 Å². The second kappa shape index (κ2) is 14.5. The molecule has 0 bridgehead atoms. The van der Waals surface area contributed by atoms with Gasteiger partial charge in [0.15, 0.2) is 0 Å². The number of carbonyl (C=O) groups is 3. The van der Waals surface area contributed by atoms with Gasteiger partial charge >= 0.3 is 5.97 Å². The SMILES string of the molecule is C=C(C)C(=O)OCC(O)CO.C=C(C)C(=O)[O-].C=C(C)C(=O)[O-]. The number of carboxylic acid groups (broad SMARTS) is 2. The molecule has 23 heavy (non-hydrogen) atoms. The number of carbonyl (C=O) groups excluding carboxylic acids is 3. The first-order valence-electron chi connectivity index (χ1n) is 6.22. The smallest absolute Gasteiger partial charge is 0.333 e. The second-order valence-electron chi connectivity index (χ2n) is 4.35. The molecule has 0 aromatic carbocycles. The van der Waals surface area contributed by atoms with Crippen LogP contribution in [-0.4, -0.2) is 47.4 Å². The molecule has 2 N–H and O–H groups in total. The number of aliphatic hydroxyl groups excluding tert-OH is 2. The zero-order chi connectivity index (χ0) is 19.2. The molecular weight excluding hydrogens is 308 g/mol. The topological polar surface area (TPSA) is 147 Å². The van der Waals surface area contributed by atoms with Gasteiger partial charge in [-0.1, -0.05) is 19.7 Å². The molecule has 0 aliphatic carbocycles. The van der Waals surface area contributed by atoms with Gasteiger partial charge in [0.2, 0.25) is 0 Å². The van der Waals surface area contributed by atoms with Crippen LogP contribution in [0.4, 0.5) is 0 Å². The Morgan fingerprint density at radius 2 is 1.26 bits per heavy atom. The number of aliphatic carboxylic acids is 2. The molecule has 8 nitrogen and oxygen atoms in total. The monoisotopic (exact) mass is 330 g/mol. The number of rotatable bonds is 6. The van der Waals surface area contributed by atoms with Crippen molar-refractivity contribution in [2.24, 2.45) is 0 Å². The van der Waals surface area contributed by atoms with Crippen LogP contribution < -0.4 is 10.2 Å². The summed E-state index contributed by atoms with van der Waals surface area (Å²) >= 11 is 0. The summed E-state index contributed by atoms with van der Waals surface area (Å²) in [6, 6.07) is 0. The van der Waals surface area contributed by atoms with E-state index in [1.54, 1.807) is 0 Å². The Bertz CT molecular complexity index is 402. The predicted octanol–water partition coefficient (Wildman–Crippen LogP) is -1.92. The summed E-state index contributed by atoms with van der Waals surface area (Å²) in [5, 5.41) is 36.0. The first-order valence-corrected chi connectivity index (χ1v) is 6.22. The molecule has 0 aliphatic rings. The van der Waals surface area contributed by atoms with E-state index in [-0.39, 0.29) is 23.3 Å². The molecule has 0 spiro atoms. The van der Waals surface area contributed by atoms with Crippen LogP contribution in [0.5, 0.6) is 0 Å². The van der Waals surface area contributed by atoms with Gasteiger partial charge in [0.05, 0.1) is 18.5 Å². The number of hydrogen-bond donors (Lipinski definition) is 2. The summed E-state index contributed by atoms with van der Waals surface area (Å²) in [6.07, 6.45) is -1.00. The molecule has 0 amide bonds. The van der Waals surface area contributed by atoms with Gasteiger partial charge in [-0.05, 0) is 31.9 Å². The molecule has 0 radical (unpaired) electrons. The van der Waals surface area contributed by atoms with Gasteiger partial charge in [-0.2, -0.15) is 0 Å². The lowest BCUT2D eigenvalue weighted by molar-refractivity contribution is -0.300. The van der Waals surface area contributed by atoms with Crippen molar-refractivity contribution in [3.63, 3.8) is 0 Å². The fourth-order valence-electron chi connectivity index (χ4n) is 0.348. The average molecular weight is 330 g/mol. The van der Waals surface area contributed by atoms with Crippen LogP contribution in [-0.2, 0) is 19.1 Å². The van der Waals surface area contributed by atoms with Crippen molar-refractivity contribution >= 4 is 17.9 Å². The highest BCUT2D eigenvalue weighted by molar-refractivity contribution is 5.86. The molecule has 0 saturated heterocycles. The van der Waals surface area contributed by atoms with E-state index in [0.29, 0.717) is 0 Å². The quantitative estimate of drug-likeness (QED) is 0.423. The first kappa shape index (κ1) is 25.5. The van der Waals surface area contributed by atoms with Crippen molar-refractivity contribution in [1.29, 1.82) is 0 Å². The Morgan fingerprint density at radius 1 is 0.957 bits per heavy atom. The summed E-state index contributed by atoms with van der Waals surface area (Å²) in [4.78, 5) is 29.6. The van der Waals surface area contributed by atoms with Crippen LogP contribution in [0.3, 0.4) is 0 Å². The summed E-state index contributed by atoms with van der Waals surface area (Å²) < 4.78 is 4.51. The molecule has 132 valence electrons. The molecular formula is C15H22O8-2. The molecule has 0 aromatic heterocycles. The van der Waals surface area contributed by atoms with Gasteiger partial charge in [0.1, 0.15) is 12.7 Å². The predicted molar refractivity (Wildman–Crippen MR) is 78.5 cm³/mol. The fraction of sp³-hybridized carbons (Fsp3) is 0.400. The van der Waals surface area contributed by atoms with Crippen LogP contribution in [0.15, 0.2) is 36.5 Å².